The van der Waals surface area contributed by atoms with Gasteiger partial charge in [0.25, 0.3) is 0 Å². The summed E-state index contributed by atoms with van der Waals surface area (Å²) in [4.78, 5) is 18.2. The number of ether oxygens (including phenoxy) is 1. The predicted octanol–water partition coefficient (Wildman–Crippen LogP) is 5.02. The van der Waals surface area contributed by atoms with Gasteiger partial charge in [-0.25, -0.2) is 9.78 Å². The standard InChI is InChI=1S/C27H32N4O2/c1-18-8-7-9-19(16-18)25-26(30(3)24(28-25)14-15-33-4)20-12-13-22-23(17-20)29(2)27(32)31(22)21-10-5-6-11-21/h7-9,12-13,16-17,21H,5-6,10-11,14-15H2,1-4H3. The fourth-order valence-electron chi connectivity index (χ4n) is 5.31. The number of imidazole rings is 2. The molecular formula is C27H32N4O2. The van der Waals surface area contributed by atoms with Crippen LogP contribution in [0.3, 0.4) is 0 Å². The van der Waals surface area contributed by atoms with E-state index in [0.29, 0.717) is 12.6 Å². The average Bonchev–Trinajstić information content (AvgIpc) is 3.51. The van der Waals surface area contributed by atoms with Crippen LogP contribution in [0.15, 0.2) is 47.3 Å². The van der Waals surface area contributed by atoms with Crippen molar-refractivity contribution < 1.29 is 4.74 Å². The second kappa shape index (κ2) is 8.67. The fourth-order valence-corrected chi connectivity index (χ4v) is 5.31. The molecule has 1 saturated carbocycles. The van der Waals surface area contributed by atoms with E-state index in [1.54, 1.807) is 11.7 Å². The maximum Gasteiger partial charge on any atom is 0.329 e. The van der Waals surface area contributed by atoms with Crippen LogP contribution >= 0.6 is 0 Å². The van der Waals surface area contributed by atoms with E-state index in [4.69, 9.17) is 9.72 Å². The monoisotopic (exact) mass is 444 g/mol. The van der Waals surface area contributed by atoms with Crippen LogP contribution in [0.4, 0.5) is 0 Å². The van der Waals surface area contributed by atoms with Crippen LogP contribution in [0.5, 0.6) is 0 Å². The predicted molar refractivity (Wildman–Crippen MR) is 133 cm³/mol. The Labute approximate surface area is 194 Å². The van der Waals surface area contributed by atoms with Gasteiger partial charge < -0.3 is 9.30 Å². The maximum atomic E-state index is 13.1. The number of aryl methyl sites for hydroxylation is 2. The molecule has 0 bridgehead atoms. The largest absolute Gasteiger partial charge is 0.384 e. The minimum Gasteiger partial charge on any atom is -0.384 e. The Kier molecular flexibility index (Phi) is 5.71. The summed E-state index contributed by atoms with van der Waals surface area (Å²) in [6, 6.07) is 15.2. The fraction of sp³-hybridized carbons (Fsp3) is 0.407. The molecule has 0 amide bonds. The number of aromatic nitrogens is 4. The summed E-state index contributed by atoms with van der Waals surface area (Å²) in [5.74, 6) is 0.987. The summed E-state index contributed by atoms with van der Waals surface area (Å²) in [5, 5.41) is 0. The summed E-state index contributed by atoms with van der Waals surface area (Å²) >= 11 is 0. The van der Waals surface area contributed by atoms with Gasteiger partial charge in [0.05, 0.1) is 29.0 Å². The number of hydrogen-bond donors (Lipinski definition) is 0. The molecule has 0 N–H and O–H groups in total. The SMILES string of the molecule is COCCc1nc(-c2cccc(C)c2)c(-c2ccc3c(c2)n(C)c(=O)n3C2CCCC2)n1C. The van der Waals surface area contributed by atoms with E-state index >= 15 is 0 Å². The molecule has 1 aliphatic carbocycles. The molecule has 172 valence electrons. The molecule has 1 fully saturated rings. The number of nitrogens with zero attached hydrogens (tertiary/aromatic N) is 4. The first-order chi connectivity index (χ1) is 16.0. The number of benzene rings is 2. The van der Waals surface area contributed by atoms with Crippen LogP contribution in [0.25, 0.3) is 33.5 Å². The van der Waals surface area contributed by atoms with Gasteiger partial charge in [0.15, 0.2) is 0 Å². The summed E-state index contributed by atoms with van der Waals surface area (Å²) in [6.45, 7) is 2.72. The summed E-state index contributed by atoms with van der Waals surface area (Å²) < 4.78 is 11.3. The molecular weight excluding hydrogens is 412 g/mol. The minimum absolute atomic E-state index is 0.0822. The lowest BCUT2D eigenvalue weighted by atomic mass is 10.0. The molecule has 2 heterocycles. The van der Waals surface area contributed by atoms with Gasteiger partial charge in [-0.1, -0.05) is 42.7 Å². The topological polar surface area (TPSA) is 54.0 Å². The summed E-state index contributed by atoms with van der Waals surface area (Å²) in [6.07, 6.45) is 5.31. The van der Waals surface area contributed by atoms with Crippen molar-refractivity contribution in [3.8, 4) is 22.5 Å². The molecule has 0 radical (unpaired) electrons. The molecule has 1 aliphatic rings. The van der Waals surface area contributed by atoms with Crippen LogP contribution in [-0.2, 0) is 25.3 Å². The second-order valence-corrected chi connectivity index (χ2v) is 9.25. The Morgan fingerprint density at radius 2 is 1.79 bits per heavy atom. The van der Waals surface area contributed by atoms with Crippen LogP contribution < -0.4 is 5.69 Å². The van der Waals surface area contributed by atoms with Crippen molar-refractivity contribution in [1.82, 2.24) is 18.7 Å². The Morgan fingerprint density at radius 1 is 1.00 bits per heavy atom. The highest BCUT2D eigenvalue weighted by molar-refractivity contribution is 5.86. The summed E-state index contributed by atoms with van der Waals surface area (Å²) in [7, 11) is 5.67. The first-order valence-electron chi connectivity index (χ1n) is 11.8. The molecule has 2 aromatic heterocycles. The highest BCUT2D eigenvalue weighted by atomic mass is 16.5. The van der Waals surface area contributed by atoms with E-state index < -0.39 is 0 Å². The third-order valence-electron chi connectivity index (χ3n) is 7.06. The van der Waals surface area contributed by atoms with Gasteiger partial charge in [-0.05, 0) is 38.0 Å². The Morgan fingerprint density at radius 3 is 2.52 bits per heavy atom. The second-order valence-electron chi connectivity index (χ2n) is 9.25. The van der Waals surface area contributed by atoms with E-state index in [1.165, 1.54) is 18.4 Å². The number of rotatable bonds is 6. The van der Waals surface area contributed by atoms with Crippen molar-refractivity contribution in [2.45, 2.75) is 45.1 Å². The minimum atomic E-state index is 0.0822. The van der Waals surface area contributed by atoms with Crippen molar-refractivity contribution in [2.24, 2.45) is 14.1 Å². The average molecular weight is 445 g/mol. The molecule has 0 unspecified atom stereocenters. The normalized spacial score (nSPS) is 14.5. The van der Waals surface area contributed by atoms with Crippen LogP contribution in [0.1, 0.15) is 43.1 Å². The van der Waals surface area contributed by atoms with Crippen molar-refractivity contribution in [2.75, 3.05) is 13.7 Å². The highest BCUT2D eigenvalue weighted by Gasteiger charge is 2.24. The molecule has 0 spiro atoms. The molecule has 0 atom stereocenters. The van der Waals surface area contributed by atoms with Gasteiger partial charge in [-0.3, -0.25) is 9.13 Å². The van der Waals surface area contributed by atoms with E-state index in [2.05, 4.69) is 61.0 Å². The van der Waals surface area contributed by atoms with E-state index in [1.807, 2.05) is 11.6 Å². The molecule has 6 heteroatoms. The van der Waals surface area contributed by atoms with Crippen molar-refractivity contribution in [1.29, 1.82) is 0 Å². The van der Waals surface area contributed by atoms with Crippen molar-refractivity contribution >= 4 is 11.0 Å². The lowest BCUT2D eigenvalue weighted by Gasteiger charge is -2.12. The quantitative estimate of drug-likeness (QED) is 0.420. The van der Waals surface area contributed by atoms with E-state index in [0.717, 1.165) is 58.6 Å². The van der Waals surface area contributed by atoms with Crippen molar-refractivity contribution in [3.05, 3.63) is 64.3 Å². The lowest BCUT2D eigenvalue weighted by molar-refractivity contribution is 0.200. The van der Waals surface area contributed by atoms with Gasteiger partial charge in [-0.2, -0.15) is 0 Å². The molecule has 33 heavy (non-hydrogen) atoms. The third-order valence-corrected chi connectivity index (χ3v) is 7.06. The summed E-state index contributed by atoms with van der Waals surface area (Å²) in [5.41, 5.74) is 7.48. The first kappa shape index (κ1) is 21.7. The van der Waals surface area contributed by atoms with Crippen LogP contribution in [0, 0.1) is 6.92 Å². The van der Waals surface area contributed by atoms with Crippen LogP contribution in [-0.4, -0.2) is 32.4 Å². The smallest absolute Gasteiger partial charge is 0.329 e. The first-order valence-corrected chi connectivity index (χ1v) is 11.8. The Bertz CT molecular complexity index is 1370. The zero-order valence-corrected chi connectivity index (χ0v) is 20.0. The molecule has 0 saturated heterocycles. The van der Waals surface area contributed by atoms with Gasteiger partial charge in [0, 0.05) is 44.8 Å². The number of fused-ring (bicyclic) bond motifs is 1. The van der Waals surface area contributed by atoms with Gasteiger partial charge in [0.1, 0.15) is 5.82 Å². The number of methoxy groups -OCH3 is 1. The zero-order chi connectivity index (χ0) is 23.1. The maximum absolute atomic E-state index is 13.1. The van der Waals surface area contributed by atoms with Gasteiger partial charge in [-0.15, -0.1) is 0 Å². The third kappa shape index (κ3) is 3.72. The molecule has 2 aromatic carbocycles. The zero-order valence-electron chi connectivity index (χ0n) is 20.0. The molecule has 6 nitrogen and oxygen atoms in total. The highest BCUT2D eigenvalue weighted by Crippen LogP contribution is 2.36. The van der Waals surface area contributed by atoms with Crippen molar-refractivity contribution in [3.63, 3.8) is 0 Å². The molecule has 4 aromatic rings. The Balaban J connectivity index is 1.70. The Hall–Kier alpha value is -3.12. The molecule has 5 rings (SSSR count). The lowest BCUT2D eigenvalue weighted by Crippen LogP contribution is -2.24. The van der Waals surface area contributed by atoms with Gasteiger partial charge in [0.2, 0.25) is 0 Å². The van der Waals surface area contributed by atoms with Crippen LogP contribution in [0.2, 0.25) is 0 Å². The van der Waals surface area contributed by atoms with E-state index in [9.17, 15) is 4.79 Å². The van der Waals surface area contributed by atoms with E-state index in [-0.39, 0.29) is 5.69 Å². The van der Waals surface area contributed by atoms with Gasteiger partial charge >= 0.3 is 5.69 Å². The molecule has 0 aliphatic heterocycles. The number of hydrogen-bond acceptors (Lipinski definition) is 3.